The molecule has 0 fully saturated rings. The Bertz CT molecular complexity index is 1150. The molecule has 6 nitrogen and oxygen atoms in total. The van der Waals surface area contributed by atoms with Crippen molar-refractivity contribution < 1.29 is 20.4 Å². The second-order valence-corrected chi connectivity index (χ2v) is 9.81. The Morgan fingerprint density at radius 1 is 0.750 bits per heavy atom. The molecule has 4 bridgehead atoms. The van der Waals surface area contributed by atoms with Crippen LogP contribution in [0.25, 0.3) is 0 Å². The molecule has 4 unspecified atom stereocenters. The number of aromatic hydroxyl groups is 4. The lowest BCUT2D eigenvalue weighted by atomic mass is 9.81. The van der Waals surface area contributed by atoms with Gasteiger partial charge in [-0.2, -0.15) is 0 Å². The predicted octanol–water partition coefficient (Wildman–Crippen LogP) is 4.55. The first-order valence-corrected chi connectivity index (χ1v) is 11.3. The van der Waals surface area contributed by atoms with Crippen molar-refractivity contribution in [3.8, 4) is 23.5 Å². The van der Waals surface area contributed by atoms with Gasteiger partial charge in [-0.3, -0.25) is 9.13 Å². The van der Waals surface area contributed by atoms with Crippen molar-refractivity contribution >= 4 is 0 Å². The van der Waals surface area contributed by atoms with E-state index in [0.717, 1.165) is 35.1 Å². The van der Waals surface area contributed by atoms with E-state index in [1.807, 2.05) is 12.2 Å². The molecule has 4 aliphatic carbocycles. The average Bonchev–Trinajstić information content (AvgIpc) is 3.57. The molecule has 32 heavy (non-hydrogen) atoms. The number of hydrogen-bond acceptors (Lipinski definition) is 4. The third-order valence-electron chi connectivity index (χ3n) is 8.26. The van der Waals surface area contributed by atoms with Crippen LogP contribution in [-0.4, -0.2) is 29.6 Å². The molecule has 0 saturated heterocycles. The fourth-order valence-electron chi connectivity index (χ4n) is 6.98. The molecule has 4 N–H and O–H groups in total. The van der Waals surface area contributed by atoms with E-state index in [4.69, 9.17) is 0 Å². The summed E-state index contributed by atoms with van der Waals surface area (Å²) in [5.74, 6) is 0.455. The lowest BCUT2D eigenvalue weighted by molar-refractivity contribution is 0.320. The largest absolute Gasteiger partial charge is 0.494 e. The van der Waals surface area contributed by atoms with E-state index in [0.29, 0.717) is 12.8 Å². The minimum atomic E-state index is -0.310. The summed E-state index contributed by atoms with van der Waals surface area (Å²) >= 11 is 0. The Labute approximate surface area is 186 Å². The first kappa shape index (κ1) is 19.4. The van der Waals surface area contributed by atoms with Crippen molar-refractivity contribution in [1.82, 2.24) is 9.13 Å². The molecular formula is C26H28N2O4. The molecule has 2 aromatic rings. The van der Waals surface area contributed by atoms with Gasteiger partial charge in [0.1, 0.15) is 0 Å². The maximum atomic E-state index is 11.1. The molecular weight excluding hydrogens is 404 g/mol. The SMILES string of the molecule is C=CCC12C=CC(C1)c1c2c(O)n(CCn2c(O)c3c(c2O)C2(CC=C)C=CC3C2)c1O. The summed E-state index contributed by atoms with van der Waals surface area (Å²) in [4.78, 5) is 0. The van der Waals surface area contributed by atoms with Crippen LogP contribution in [0.3, 0.4) is 0 Å². The maximum absolute atomic E-state index is 11.1. The van der Waals surface area contributed by atoms with Crippen LogP contribution in [-0.2, 0) is 23.9 Å². The smallest absolute Gasteiger partial charge is 0.198 e. The zero-order chi connectivity index (χ0) is 22.4. The van der Waals surface area contributed by atoms with Crippen LogP contribution in [0.4, 0.5) is 0 Å². The zero-order valence-electron chi connectivity index (χ0n) is 18.0. The first-order valence-electron chi connectivity index (χ1n) is 11.3. The molecule has 0 radical (unpaired) electrons. The third-order valence-corrected chi connectivity index (χ3v) is 8.26. The van der Waals surface area contributed by atoms with Crippen LogP contribution in [0.5, 0.6) is 23.5 Å². The van der Waals surface area contributed by atoms with Gasteiger partial charge in [0, 0.05) is 58.0 Å². The van der Waals surface area contributed by atoms with Gasteiger partial charge >= 0.3 is 0 Å². The highest BCUT2D eigenvalue weighted by atomic mass is 16.3. The molecule has 0 aliphatic heterocycles. The van der Waals surface area contributed by atoms with Crippen LogP contribution < -0.4 is 0 Å². The van der Waals surface area contributed by atoms with Gasteiger partial charge in [-0.1, -0.05) is 36.5 Å². The van der Waals surface area contributed by atoms with Crippen molar-refractivity contribution in [2.24, 2.45) is 0 Å². The van der Waals surface area contributed by atoms with Crippen LogP contribution in [0.15, 0.2) is 49.6 Å². The topological polar surface area (TPSA) is 90.8 Å². The highest BCUT2D eigenvalue weighted by Crippen LogP contribution is 2.62. The minimum Gasteiger partial charge on any atom is -0.494 e. The number of rotatable bonds is 7. The standard InChI is InChI=1S/C26H28N2O4/c1-3-7-25-9-5-15(13-25)17-19(25)23(31)27(21(17)29)11-12-28-22(30)18-16-6-10-26(14-16,8-4-2)20(18)24(28)32/h3-6,9-10,15-16,29-32H,1-2,7-8,11-14H2. The molecule has 0 spiro atoms. The molecule has 2 heterocycles. The van der Waals surface area contributed by atoms with Gasteiger partial charge in [0.2, 0.25) is 0 Å². The average molecular weight is 433 g/mol. The van der Waals surface area contributed by atoms with E-state index >= 15 is 0 Å². The van der Waals surface area contributed by atoms with Gasteiger partial charge in [-0.15, -0.1) is 13.2 Å². The number of nitrogens with zero attached hydrogens (tertiary/aromatic N) is 2. The summed E-state index contributed by atoms with van der Waals surface area (Å²) in [6.07, 6.45) is 15.3. The molecule has 0 amide bonds. The normalized spacial score (nSPS) is 30.2. The molecule has 0 aromatic carbocycles. The molecule has 0 saturated carbocycles. The van der Waals surface area contributed by atoms with Gasteiger partial charge in [-0.25, -0.2) is 0 Å². The molecule has 4 aliphatic rings. The van der Waals surface area contributed by atoms with Gasteiger partial charge < -0.3 is 20.4 Å². The fraction of sp³-hybridized carbons (Fsp3) is 0.385. The number of allylic oxidation sites excluding steroid dienone is 6. The summed E-state index contributed by atoms with van der Waals surface area (Å²) in [6, 6.07) is 0. The third kappa shape index (κ3) is 2.10. The van der Waals surface area contributed by atoms with Crippen LogP contribution in [0.1, 0.15) is 59.8 Å². The van der Waals surface area contributed by atoms with Crippen molar-refractivity contribution in [2.45, 2.75) is 61.4 Å². The summed E-state index contributed by atoms with van der Waals surface area (Å²) in [6.45, 7) is 8.19. The Morgan fingerprint density at radius 3 is 1.53 bits per heavy atom. The van der Waals surface area contributed by atoms with Gasteiger partial charge in [-0.05, 0) is 25.7 Å². The summed E-state index contributed by atoms with van der Waals surface area (Å²) in [5.41, 5.74) is 2.55. The van der Waals surface area contributed by atoms with E-state index in [-0.39, 0.29) is 59.3 Å². The molecule has 166 valence electrons. The van der Waals surface area contributed by atoms with Gasteiger partial charge in [0.15, 0.2) is 23.5 Å². The van der Waals surface area contributed by atoms with Crippen LogP contribution >= 0.6 is 0 Å². The fourth-order valence-corrected chi connectivity index (χ4v) is 6.98. The van der Waals surface area contributed by atoms with E-state index in [1.165, 1.54) is 9.13 Å². The first-order chi connectivity index (χ1) is 15.4. The van der Waals surface area contributed by atoms with Crippen molar-refractivity contribution in [3.05, 3.63) is 71.9 Å². The van der Waals surface area contributed by atoms with E-state index in [1.54, 1.807) is 0 Å². The molecule has 2 aromatic heterocycles. The Morgan fingerprint density at radius 2 is 1.16 bits per heavy atom. The maximum Gasteiger partial charge on any atom is 0.198 e. The van der Waals surface area contributed by atoms with Gasteiger partial charge in [0.25, 0.3) is 0 Å². The minimum absolute atomic E-state index is 0.0646. The Hall–Kier alpha value is -3.28. The predicted molar refractivity (Wildman–Crippen MR) is 122 cm³/mol. The van der Waals surface area contributed by atoms with Crippen LogP contribution in [0.2, 0.25) is 0 Å². The Kier molecular flexibility index (Phi) is 3.73. The highest BCUT2D eigenvalue weighted by molar-refractivity contribution is 5.63. The summed E-state index contributed by atoms with van der Waals surface area (Å²) in [7, 11) is 0. The van der Waals surface area contributed by atoms with Crippen molar-refractivity contribution in [3.63, 3.8) is 0 Å². The lowest BCUT2D eigenvalue weighted by Crippen LogP contribution is -2.18. The van der Waals surface area contributed by atoms with Gasteiger partial charge in [0.05, 0.1) is 0 Å². The number of hydrogen-bond donors (Lipinski definition) is 4. The quantitative estimate of drug-likeness (QED) is 0.483. The van der Waals surface area contributed by atoms with E-state index in [2.05, 4.69) is 37.5 Å². The van der Waals surface area contributed by atoms with E-state index < -0.39 is 0 Å². The molecule has 4 atom stereocenters. The number of fused-ring (bicyclic) bond motifs is 10. The Balaban J connectivity index is 1.35. The molecule has 6 rings (SSSR count). The molecule has 6 heteroatoms. The van der Waals surface area contributed by atoms with Crippen LogP contribution in [0, 0.1) is 0 Å². The number of aromatic nitrogens is 2. The highest BCUT2D eigenvalue weighted by Gasteiger charge is 2.52. The van der Waals surface area contributed by atoms with Crippen molar-refractivity contribution in [2.75, 3.05) is 0 Å². The second-order valence-electron chi connectivity index (χ2n) is 9.81. The van der Waals surface area contributed by atoms with E-state index in [9.17, 15) is 20.4 Å². The summed E-state index contributed by atoms with van der Waals surface area (Å²) < 4.78 is 3.00. The summed E-state index contributed by atoms with van der Waals surface area (Å²) in [5, 5.41) is 44.0. The lowest BCUT2D eigenvalue weighted by Gasteiger charge is -2.23. The second kappa shape index (κ2) is 6.15. The zero-order valence-corrected chi connectivity index (χ0v) is 18.0. The monoisotopic (exact) mass is 432 g/mol. The van der Waals surface area contributed by atoms with Crippen molar-refractivity contribution in [1.29, 1.82) is 0 Å².